The lowest BCUT2D eigenvalue weighted by molar-refractivity contribution is -0.454. The van der Waals surface area contributed by atoms with E-state index in [0.717, 1.165) is 38.5 Å². The summed E-state index contributed by atoms with van der Waals surface area (Å²) in [6, 6.07) is 0. The summed E-state index contributed by atoms with van der Waals surface area (Å²) < 4.78 is 0. The van der Waals surface area contributed by atoms with Gasteiger partial charge >= 0.3 is 0 Å². The van der Waals surface area contributed by atoms with Crippen molar-refractivity contribution < 1.29 is 30.6 Å². The van der Waals surface area contributed by atoms with Gasteiger partial charge < -0.3 is 30.6 Å². The van der Waals surface area contributed by atoms with E-state index < -0.39 is 17.4 Å². The summed E-state index contributed by atoms with van der Waals surface area (Å²) in [4.78, 5) is 0. The minimum Gasteiger partial charge on any atom is -0.361 e. The predicted molar refractivity (Wildman–Crippen MR) is 160 cm³/mol. The van der Waals surface area contributed by atoms with E-state index in [1.54, 1.807) is 0 Å². The molecule has 234 valence electrons. The number of hydrogen-bond acceptors (Lipinski definition) is 6. The molecule has 6 heteroatoms. The summed E-state index contributed by atoms with van der Waals surface area (Å²) >= 11 is 0. The highest BCUT2D eigenvalue weighted by molar-refractivity contribution is 4.93. The summed E-state index contributed by atoms with van der Waals surface area (Å²) in [6.07, 6.45) is 32.3. The number of hydrogen-bond donors (Lipinski definition) is 6. The maximum atomic E-state index is 10.3. The molecule has 1 aliphatic rings. The van der Waals surface area contributed by atoms with E-state index in [1.807, 2.05) is 0 Å². The van der Waals surface area contributed by atoms with Gasteiger partial charge in [0.25, 0.3) is 5.79 Å². The van der Waals surface area contributed by atoms with E-state index in [-0.39, 0.29) is 12.8 Å². The Labute approximate surface area is 240 Å². The first-order chi connectivity index (χ1) is 18.7. The largest absolute Gasteiger partial charge is 0.361 e. The van der Waals surface area contributed by atoms with Crippen LogP contribution in [0, 0.1) is 0 Å². The average molecular weight is 559 g/mol. The van der Waals surface area contributed by atoms with Crippen LogP contribution in [0.25, 0.3) is 0 Å². The van der Waals surface area contributed by atoms with Crippen LogP contribution in [0.3, 0.4) is 0 Å². The van der Waals surface area contributed by atoms with Crippen molar-refractivity contribution in [1.82, 2.24) is 0 Å². The van der Waals surface area contributed by atoms with E-state index >= 15 is 0 Å². The third-order valence-corrected chi connectivity index (χ3v) is 8.92. The fourth-order valence-electron chi connectivity index (χ4n) is 6.01. The molecule has 0 radical (unpaired) electrons. The molecule has 0 aliphatic heterocycles. The Kier molecular flexibility index (Phi) is 21.1. The SMILES string of the molecule is OC1(O)CCCCCCCCCCCCCCCCCCCCCCCCCCCCCCC(O)(O)C1(O)O. The topological polar surface area (TPSA) is 121 Å². The van der Waals surface area contributed by atoms with Crippen LogP contribution in [-0.4, -0.2) is 48.0 Å². The number of aliphatic hydroxyl groups is 6. The van der Waals surface area contributed by atoms with E-state index in [1.165, 1.54) is 128 Å². The highest BCUT2D eigenvalue weighted by Gasteiger charge is 2.60. The van der Waals surface area contributed by atoms with Crippen molar-refractivity contribution in [2.75, 3.05) is 0 Å². The Balaban J connectivity index is 2.37. The second-order valence-electron chi connectivity index (χ2n) is 12.7. The van der Waals surface area contributed by atoms with Gasteiger partial charge in [0.05, 0.1) is 0 Å². The first kappa shape index (κ1) is 36.8. The molecular weight excluding hydrogens is 492 g/mol. The third-order valence-electron chi connectivity index (χ3n) is 8.92. The molecule has 0 amide bonds. The minimum absolute atomic E-state index is 0.317. The van der Waals surface area contributed by atoms with Crippen LogP contribution in [0.5, 0.6) is 0 Å². The molecular formula is C33H66O6. The molecule has 0 aromatic heterocycles. The van der Waals surface area contributed by atoms with Gasteiger partial charge in [0.15, 0.2) is 0 Å². The summed E-state index contributed by atoms with van der Waals surface area (Å²) in [5.41, 5.74) is 0. The van der Waals surface area contributed by atoms with Crippen molar-refractivity contribution in [3.05, 3.63) is 0 Å². The number of rotatable bonds is 0. The molecule has 1 fully saturated rings. The molecule has 1 saturated carbocycles. The van der Waals surface area contributed by atoms with Gasteiger partial charge in [-0.25, -0.2) is 0 Å². The molecule has 39 heavy (non-hydrogen) atoms. The normalized spacial score (nSPS) is 26.3. The van der Waals surface area contributed by atoms with Crippen molar-refractivity contribution in [3.63, 3.8) is 0 Å². The van der Waals surface area contributed by atoms with Crippen molar-refractivity contribution >= 4 is 0 Å². The molecule has 1 rings (SSSR count). The van der Waals surface area contributed by atoms with Crippen LogP contribution in [0.1, 0.15) is 193 Å². The Morgan fingerprint density at radius 2 is 0.333 bits per heavy atom. The molecule has 0 unspecified atom stereocenters. The highest BCUT2D eigenvalue weighted by atomic mass is 16.7. The van der Waals surface area contributed by atoms with Gasteiger partial charge in [-0.05, 0) is 12.8 Å². The van der Waals surface area contributed by atoms with Crippen molar-refractivity contribution in [1.29, 1.82) is 0 Å². The van der Waals surface area contributed by atoms with Gasteiger partial charge in [0.2, 0.25) is 11.6 Å². The minimum atomic E-state index is -3.41. The standard InChI is InChI=1S/C33H66O6/c34-31(35)29-27-25-23-21-19-17-15-13-11-9-7-5-3-1-2-4-6-8-10-12-14-16-18-20-22-24-26-28-30-32(36,37)33(31,38)39/h34-39H,1-30H2. The highest BCUT2D eigenvalue weighted by Crippen LogP contribution is 2.35. The van der Waals surface area contributed by atoms with Crippen LogP contribution in [0.15, 0.2) is 0 Å². The zero-order valence-corrected chi connectivity index (χ0v) is 25.4. The van der Waals surface area contributed by atoms with E-state index in [2.05, 4.69) is 0 Å². The first-order valence-electron chi connectivity index (χ1n) is 17.0. The zero-order chi connectivity index (χ0) is 28.7. The Morgan fingerprint density at radius 3 is 0.487 bits per heavy atom. The lowest BCUT2D eigenvalue weighted by Gasteiger charge is -2.43. The molecule has 6 N–H and O–H groups in total. The van der Waals surface area contributed by atoms with Gasteiger partial charge in [-0.15, -0.1) is 0 Å². The fourth-order valence-corrected chi connectivity index (χ4v) is 6.01. The van der Waals surface area contributed by atoms with Crippen LogP contribution < -0.4 is 0 Å². The van der Waals surface area contributed by atoms with E-state index in [4.69, 9.17) is 0 Å². The van der Waals surface area contributed by atoms with Gasteiger partial charge in [0, 0.05) is 12.8 Å². The fraction of sp³-hybridized carbons (Fsp3) is 1.00. The zero-order valence-electron chi connectivity index (χ0n) is 25.4. The van der Waals surface area contributed by atoms with Crippen molar-refractivity contribution in [3.8, 4) is 0 Å². The molecule has 0 atom stereocenters. The van der Waals surface area contributed by atoms with Crippen LogP contribution in [-0.2, 0) is 0 Å². The van der Waals surface area contributed by atoms with Gasteiger partial charge in [0.1, 0.15) is 0 Å². The van der Waals surface area contributed by atoms with Crippen molar-refractivity contribution in [2.24, 2.45) is 0 Å². The van der Waals surface area contributed by atoms with E-state index in [9.17, 15) is 30.6 Å². The van der Waals surface area contributed by atoms with Gasteiger partial charge in [-0.1, -0.05) is 167 Å². The molecule has 0 heterocycles. The average Bonchev–Trinajstić information content (AvgIpc) is 2.89. The quantitative estimate of drug-likeness (QED) is 0.169. The smallest absolute Gasteiger partial charge is 0.274 e. The lowest BCUT2D eigenvalue weighted by atomic mass is 9.88. The van der Waals surface area contributed by atoms with Gasteiger partial charge in [-0.3, -0.25) is 0 Å². The monoisotopic (exact) mass is 558 g/mol. The molecule has 6 nitrogen and oxygen atoms in total. The summed E-state index contributed by atoms with van der Waals surface area (Å²) in [5.74, 6) is -9.36. The summed E-state index contributed by atoms with van der Waals surface area (Å²) in [5, 5.41) is 61.8. The second kappa shape index (κ2) is 22.4. The Morgan fingerprint density at radius 1 is 0.205 bits per heavy atom. The summed E-state index contributed by atoms with van der Waals surface area (Å²) in [7, 11) is 0. The molecule has 0 aromatic carbocycles. The lowest BCUT2D eigenvalue weighted by Crippen LogP contribution is -2.68. The maximum absolute atomic E-state index is 10.3. The van der Waals surface area contributed by atoms with Crippen LogP contribution in [0.2, 0.25) is 0 Å². The second-order valence-corrected chi connectivity index (χ2v) is 12.7. The van der Waals surface area contributed by atoms with Crippen molar-refractivity contribution in [2.45, 2.75) is 210 Å². The molecule has 1 aliphatic carbocycles. The Hall–Kier alpha value is -0.240. The molecule has 0 bridgehead atoms. The summed E-state index contributed by atoms with van der Waals surface area (Å²) in [6.45, 7) is 0. The molecule has 0 saturated heterocycles. The van der Waals surface area contributed by atoms with Crippen LogP contribution >= 0.6 is 0 Å². The maximum Gasteiger partial charge on any atom is 0.274 e. The van der Waals surface area contributed by atoms with E-state index in [0.29, 0.717) is 12.8 Å². The molecule has 0 aromatic rings. The van der Waals surface area contributed by atoms with Crippen LogP contribution in [0.4, 0.5) is 0 Å². The Bertz CT molecular complexity index is 502. The third kappa shape index (κ3) is 17.3. The first-order valence-corrected chi connectivity index (χ1v) is 17.0. The predicted octanol–water partition coefficient (Wildman–Crippen LogP) is 7.75. The molecule has 0 spiro atoms. The van der Waals surface area contributed by atoms with Gasteiger partial charge in [-0.2, -0.15) is 0 Å².